The molecule has 35 heavy (non-hydrogen) atoms. The summed E-state index contributed by atoms with van der Waals surface area (Å²) in [6, 6.07) is 0. The molecule has 1 aliphatic rings. The molecule has 0 radical (unpaired) electrons. The lowest BCUT2D eigenvalue weighted by molar-refractivity contribution is -0.203. The van der Waals surface area contributed by atoms with Crippen molar-refractivity contribution in [1.82, 2.24) is 19.5 Å². The Hall–Kier alpha value is -2.07. The fourth-order valence-electron chi connectivity index (χ4n) is 2.92. The van der Waals surface area contributed by atoms with Crippen LogP contribution >= 0.6 is 23.5 Å². The van der Waals surface area contributed by atoms with Gasteiger partial charge < -0.3 is 40.3 Å². The van der Waals surface area contributed by atoms with Crippen LogP contribution in [0.5, 0.6) is 0 Å². The van der Waals surface area contributed by atoms with Crippen LogP contribution in [0, 0.1) is 12.3 Å². The Bertz CT molecular complexity index is 1400. The number of H-pyrrole nitrogens is 1. The van der Waals surface area contributed by atoms with Crippen LogP contribution in [0.25, 0.3) is 11.2 Å². The number of aromatic nitrogens is 4. The third kappa shape index (κ3) is 5.53. The highest BCUT2D eigenvalue weighted by Gasteiger charge is 2.66. The second kappa shape index (κ2) is 8.80. The first-order valence-electron chi connectivity index (χ1n) is 8.58. The molecule has 6 atom stereocenters. The Morgan fingerprint density at radius 1 is 1.29 bits per heavy atom. The third-order valence-electron chi connectivity index (χ3n) is 4.28. The highest BCUT2D eigenvalue weighted by atomic mass is 31.3. The van der Waals surface area contributed by atoms with Gasteiger partial charge in [0.05, 0.1) is 6.33 Å². The first kappa shape index (κ1) is 27.5. The van der Waals surface area contributed by atoms with Crippen LogP contribution in [0.4, 0.5) is 10.3 Å². The van der Waals surface area contributed by atoms with Gasteiger partial charge >= 0.3 is 23.5 Å². The average Bonchev–Trinajstić information content (AvgIpc) is 3.18. The number of hydrogen-bond donors (Lipinski definition) is 8. The van der Waals surface area contributed by atoms with Gasteiger partial charge in [-0.2, -0.15) is 13.6 Å². The van der Waals surface area contributed by atoms with Gasteiger partial charge in [0.2, 0.25) is 11.5 Å². The Morgan fingerprint density at radius 2 is 1.91 bits per heavy atom. The number of aromatic amines is 1. The maximum atomic E-state index is 15.4. The number of aliphatic hydroxyl groups excluding tert-OH is 1. The zero-order chi connectivity index (χ0) is 26.6. The number of nitrogens with two attached hydrogens (primary N) is 1. The van der Waals surface area contributed by atoms with Crippen LogP contribution in [0.2, 0.25) is 0 Å². The molecule has 3 heterocycles. The van der Waals surface area contributed by atoms with Crippen molar-refractivity contribution < 1.29 is 65.8 Å². The van der Waals surface area contributed by atoms with Gasteiger partial charge in [0.15, 0.2) is 23.5 Å². The lowest BCUT2D eigenvalue weighted by Crippen LogP contribution is -2.50. The van der Waals surface area contributed by atoms with Crippen LogP contribution in [0.1, 0.15) is 6.23 Å². The van der Waals surface area contributed by atoms with E-state index in [2.05, 4.69) is 28.1 Å². The molecule has 3 rings (SSSR count). The maximum Gasteiger partial charge on any atom is 0.490 e. The quantitative estimate of drug-likeness (QED) is 0.126. The van der Waals surface area contributed by atoms with Crippen molar-refractivity contribution in [2.75, 3.05) is 12.3 Å². The molecule has 0 aliphatic carbocycles. The van der Waals surface area contributed by atoms with Gasteiger partial charge in [0.1, 0.15) is 6.61 Å². The molecule has 2 unspecified atom stereocenters. The number of halogens is 1. The fourth-order valence-corrected chi connectivity index (χ4v) is 5.96. The number of anilines is 1. The van der Waals surface area contributed by atoms with E-state index in [1.807, 2.05) is 0 Å². The van der Waals surface area contributed by atoms with Crippen molar-refractivity contribution in [3.63, 3.8) is 0 Å². The van der Waals surface area contributed by atoms with E-state index >= 15 is 4.39 Å². The molecule has 0 saturated carbocycles. The predicted octanol–water partition coefficient (Wildman–Crippen LogP) is -2.04. The monoisotopic (exact) mass is 565 g/mol. The van der Waals surface area contributed by atoms with E-state index in [-0.39, 0.29) is 11.2 Å². The van der Waals surface area contributed by atoms with Crippen LogP contribution in [-0.2, 0) is 31.6 Å². The number of aliphatic hydroxyl groups is 2. The Kier molecular flexibility index (Phi) is 6.92. The van der Waals surface area contributed by atoms with E-state index in [0.29, 0.717) is 0 Å². The first-order valence-corrected chi connectivity index (χ1v) is 13.1. The van der Waals surface area contributed by atoms with Gasteiger partial charge in [-0.1, -0.05) is 5.92 Å². The highest BCUT2D eigenvalue weighted by molar-refractivity contribution is 7.66. The molecule has 19 nitrogen and oxygen atoms in total. The number of nitrogen functional groups attached to an aromatic ring is 1. The van der Waals surface area contributed by atoms with Crippen molar-refractivity contribution in [2.45, 2.75) is 23.8 Å². The predicted molar refractivity (Wildman–Crippen MR) is 106 cm³/mol. The molecule has 194 valence electrons. The number of fused-ring (bicyclic) bond motifs is 1. The molecule has 2 aromatic heterocycles. The SMILES string of the molecule is C#C[C@]1(O)[C@H](n2cnc3c(=O)[nH]c(N)nc32)O[C@](F)(COP(=O)(O)OP(=O)(O)OP(=O)(O)O)[C@H]1O. The summed E-state index contributed by atoms with van der Waals surface area (Å²) in [7, 11) is -17.5. The molecule has 1 saturated heterocycles. The molecular weight excluding hydrogens is 550 g/mol. The average molecular weight is 565 g/mol. The van der Waals surface area contributed by atoms with Gasteiger partial charge in [-0.05, 0) is 0 Å². The third-order valence-corrected chi connectivity index (χ3v) is 8.07. The lowest BCUT2D eigenvalue weighted by atomic mass is 9.94. The Balaban J connectivity index is 1.89. The lowest BCUT2D eigenvalue weighted by Gasteiger charge is -2.26. The zero-order valence-corrected chi connectivity index (χ0v) is 19.3. The van der Waals surface area contributed by atoms with E-state index in [0.717, 1.165) is 10.9 Å². The number of nitrogens with one attached hydrogen (secondary N) is 1. The van der Waals surface area contributed by atoms with E-state index < -0.39 is 65.4 Å². The number of phosphoric acid groups is 3. The number of phosphoric ester groups is 1. The maximum absolute atomic E-state index is 15.4. The summed E-state index contributed by atoms with van der Waals surface area (Å²) in [6.07, 6.45) is 1.20. The van der Waals surface area contributed by atoms with Crippen molar-refractivity contribution in [1.29, 1.82) is 0 Å². The Morgan fingerprint density at radius 3 is 2.49 bits per heavy atom. The number of hydrogen-bond acceptors (Lipinski definition) is 13. The van der Waals surface area contributed by atoms with Crippen molar-refractivity contribution >= 4 is 40.6 Å². The molecule has 1 fully saturated rings. The van der Waals surface area contributed by atoms with Gasteiger partial charge in [-0.25, -0.2) is 23.1 Å². The van der Waals surface area contributed by atoms with Gasteiger partial charge in [0, 0.05) is 0 Å². The summed E-state index contributed by atoms with van der Waals surface area (Å²) in [6.45, 7) is -1.82. The Labute approximate surface area is 191 Å². The summed E-state index contributed by atoms with van der Waals surface area (Å²) >= 11 is 0. The first-order chi connectivity index (χ1) is 15.8. The second-order valence-corrected chi connectivity index (χ2v) is 11.2. The molecule has 0 aromatic carbocycles. The number of terminal acetylenes is 1. The van der Waals surface area contributed by atoms with Crippen LogP contribution in [0.3, 0.4) is 0 Å². The van der Waals surface area contributed by atoms with Crippen molar-refractivity contribution in [2.24, 2.45) is 0 Å². The van der Waals surface area contributed by atoms with Crippen molar-refractivity contribution in [3.8, 4) is 12.3 Å². The molecule has 2 aromatic rings. The highest BCUT2D eigenvalue weighted by Crippen LogP contribution is 2.66. The summed E-state index contributed by atoms with van der Waals surface area (Å²) in [4.78, 5) is 57.2. The van der Waals surface area contributed by atoms with E-state index in [4.69, 9.17) is 31.6 Å². The van der Waals surface area contributed by atoms with Crippen LogP contribution < -0.4 is 11.3 Å². The standard InChI is InChI=1S/C12H15FN5O14P3/c1-2-11(21)8(20)12(13,3-29-34(25,26)32-35(27,28)31-33(22,23)24)30-9(11)18-4-15-5-6(18)16-10(14)17-7(5)19/h1,4,8-9,20-21H,3H2,(H,25,26)(H,27,28)(H2,22,23,24)(H3,14,16,17,19)/t8-,9+,11+,12+/m0/s1. The van der Waals surface area contributed by atoms with Crippen molar-refractivity contribution in [3.05, 3.63) is 16.7 Å². The molecule has 23 heteroatoms. The van der Waals surface area contributed by atoms with Crippen LogP contribution in [0.15, 0.2) is 11.1 Å². The number of ether oxygens (including phenoxy) is 1. The number of rotatable bonds is 8. The van der Waals surface area contributed by atoms with Crippen LogP contribution in [-0.4, -0.2) is 73.5 Å². The van der Waals surface area contributed by atoms with Gasteiger partial charge in [0.25, 0.3) is 11.4 Å². The molecule has 9 N–H and O–H groups in total. The fraction of sp³-hybridized carbons (Fsp3) is 0.417. The van der Waals surface area contributed by atoms with E-state index in [1.165, 1.54) is 0 Å². The topological polar surface area (TPSA) is 299 Å². The zero-order valence-electron chi connectivity index (χ0n) is 16.6. The minimum Gasteiger partial charge on any atom is -0.383 e. The summed E-state index contributed by atoms with van der Waals surface area (Å²) in [5, 5.41) is 21.1. The summed E-state index contributed by atoms with van der Waals surface area (Å²) in [5.41, 5.74) is 0.909. The summed E-state index contributed by atoms with van der Waals surface area (Å²) in [5.74, 6) is -2.39. The molecule has 0 amide bonds. The van der Waals surface area contributed by atoms with E-state index in [9.17, 15) is 33.6 Å². The minimum atomic E-state index is -5.93. The smallest absolute Gasteiger partial charge is 0.383 e. The number of alkyl halides is 1. The summed E-state index contributed by atoms with van der Waals surface area (Å²) < 4.78 is 66.1. The second-order valence-electron chi connectivity index (χ2n) is 6.77. The number of nitrogens with zero attached hydrogens (tertiary/aromatic N) is 3. The van der Waals surface area contributed by atoms with Gasteiger partial charge in [-0.15, -0.1) is 6.42 Å². The molecule has 0 bridgehead atoms. The van der Waals surface area contributed by atoms with E-state index in [1.54, 1.807) is 5.92 Å². The molecular formula is C12H15FN5O14P3. The number of imidazole rings is 1. The minimum absolute atomic E-state index is 0.360. The largest absolute Gasteiger partial charge is 0.490 e. The van der Waals surface area contributed by atoms with Gasteiger partial charge in [-0.3, -0.25) is 18.9 Å². The molecule has 1 aliphatic heterocycles. The molecule has 0 spiro atoms. The normalized spacial score (nSPS) is 30.6.